The fraction of sp³-hybridized carbons (Fsp3) is 0.462. The zero-order valence-electron chi connectivity index (χ0n) is 10.7. The molecule has 1 aromatic rings. The van der Waals surface area contributed by atoms with Gasteiger partial charge in [0.25, 0.3) is 0 Å². The molecule has 106 valence electrons. The molecule has 0 saturated carbocycles. The summed E-state index contributed by atoms with van der Waals surface area (Å²) in [4.78, 5) is 11.8. The number of carbonyl (C=O) groups excluding carboxylic acids is 1. The predicted molar refractivity (Wildman–Crippen MR) is 74.3 cm³/mol. The Morgan fingerprint density at radius 3 is 2.53 bits per heavy atom. The number of hydrogen-bond acceptors (Lipinski definition) is 4. The Kier molecular flexibility index (Phi) is 8.02. The van der Waals surface area contributed by atoms with Crippen LogP contribution >= 0.6 is 23.2 Å². The number of Topliss-reactive ketones (excluding diaryl/α,β-unsaturated/α-hetero) is 1. The molecular weight excluding hydrogens is 291 g/mol. The third-order valence-corrected chi connectivity index (χ3v) is 2.83. The summed E-state index contributed by atoms with van der Waals surface area (Å²) >= 11 is 11.7. The van der Waals surface area contributed by atoms with Crippen molar-refractivity contribution >= 4 is 29.0 Å². The Bertz CT molecular complexity index is 410. The maximum Gasteiger partial charge on any atom is 0.190 e. The molecule has 0 bridgehead atoms. The van der Waals surface area contributed by atoms with Crippen LogP contribution in [0.3, 0.4) is 0 Å². The summed E-state index contributed by atoms with van der Waals surface area (Å²) in [5, 5.41) is 0.838. The lowest BCUT2D eigenvalue weighted by Gasteiger charge is -2.06. The van der Waals surface area contributed by atoms with E-state index in [1.54, 1.807) is 19.2 Å². The lowest BCUT2D eigenvalue weighted by Crippen LogP contribution is -2.14. The summed E-state index contributed by atoms with van der Waals surface area (Å²) < 4.78 is 15.2. The highest BCUT2D eigenvalue weighted by molar-refractivity contribution is 6.35. The second-order valence-electron chi connectivity index (χ2n) is 3.71. The van der Waals surface area contributed by atoms with Crippen LogP contribution in [0.1, 0.15) is 10.4 Å². The van der Waals surface area contributed by atoms with Crippen LogP contribution in [0.4, 0.5) is 0 Å². The van der Waals surface area contributed by atoms with Crippen LogP contribution in [-0.4, -0.2) is 45.9 Å². The molecule has 0 aliphatic heterocycles. The van der Waals surface area contributed by atoms with E-state index in [-0.39, 0.29) is 12.4 Å². The topological polar surface area (TPSA) is 44.8 Å². The smallest absolute Gasteiger partial charge is 0.190 e. The molecule has 1 aromatic carbocycles. The van der Waals surface area contributed by atoms with Gasteiger partial charge in [-0.15, -0.1) is 0 Å². The average Bonchev–Trinajstić information content (AvgIpc) is 2.40. The van der Waals surface area contributed by atoms with Crippen molar-refractivity contribution in [3.05, 3.63) is 33.8 Å². The van der Waals surface area contributed by atoms with E-state index in [9.17, 15) is 4.79 Å². The normalized spacial score (nSPS) is 10.7. The lowest BCUT2D eigenvalue weighted by molar-refractivity contribution is 0.0253. The summed E-state index contributed by atoms with van der Waals surface area (Å²) in [5.41, 5.74) is 0.370. The van der Waals surface area contributed by atoms with Crippen LogP contribution in [0, 0.1) is 0 Å². The Balaban J connectivity index is 2.26. The minimum atomic E-state index is -0.204. The van der Waals surface area contributed by atoms with Crippen LogP contribution in [0.25, 0.3) is 0 Å². The highest BCUT2D eigenvalue weighted by Gasteiger charge is 2.11. The van der Waals surface area contributed by atoms with Crippen molar-refractivity contribution in [3.63, 3.8) is 0 Å². The Labute approximate surface area is 122 Å². The van der Waals surface area contributed by atoms with Crippen LogP contribution in [0.5, 0.6) is 0 Å². The summed E-state index contributed by atoms with van der Waals surface area (Å²) in [6, 6.07) is 4.75. The number of ether oxygens (including phenoxy) is 3. The van der Waals surface area contributed by atoms with Gasteiger partial charge >= 0.3 is 0 Å². The molecule has 0 saturated heterocycles. The largest absolute Gasteiger partial charge is 0.382 e. The van der Waals surface area contributed by atoms with E-state index < -0.39 is 0 Å². The molecule has 1 rings (SSSR count). The molecule has 19 heavy (non-hydrogen) atoms. The van der Waals surface area contributed by atoms with Crippen molar-refractivity contribution in [3.8, 4) is 0 Å². The number of halogens is 2. The van der Waals surface area contributed by atoms with Gasteiger partial charge < -0.3 is 14.2 Å². The second-order valence-corrected chi connectivity index (χ2v) is 4.55. The number of methoxy groups -OCH3 is 1. The van der Waals surface area contributed by atoms with Crippen LogP contribution in [0.15, 0.2) is 18.2 Å². The van der Waals surface area contributed by atoms with Gasteiger partial charge in [0.1, 0.15) is 6.61 Å². The Morgan fingerprint density at radius 2 is 1.79 bits per heavy atom. The molecule has 0 amide bonds. The highest BCUT2D eigenvalue weighted by Crippen LogP contribution is 2.21. The number of benzene rings is 1. The maximum atomic E-state index is 11.8. The third-order valence-electron chi connectivity index (χ3n) is 2.27. The molecule has 4 nitrogen and oxygen atoms in total. The first-order chi connectivity index (χ1) is 9.15. The van der Waals surface area contributed by atoms with E-state index >= 15 is 0 Å². The van der Waals surface area contributed by atoms with E-state index in [1.165, 1.54) is 6.07 Å². The first-order valence-electron chi connectivity index (χ1n) is 5.78. The molecule has 0 atom stereocenters. The number of rotatable bonds is 9. The van der Waals surface area contributed by atoms with Gasteiger partial charge in [-0.25, -0.2) is 0 Å². The average molecular weight is 307 g/mol. The minimum Gasteiger partial charge on any atom is -0.382 e. The number of carbonyl (C=O) groups is 1. The molecular formula is C13H16Cl2O4. The number of hydrogen-bond donors (Lipinski definition) is 0. The first-order valence-corrected chi connectivity index (χ1v) is 6.53. The van der Waals surface area contributed by atoms with Crippen molar-refractivity contribution in [2.45, 2.75) is 0 Å². The summed E-state index contributed by atoms with van der Waals surface area (Å²) in [7, 11) is 1.60. The maximum absolute atomic E-state index is 11.8. The van der Waals surface area contributed by atoms with Gasteiger partial charge in [0, 0.05) is 17.7 Å². The quantitative estimate of drug-likeness (QED) is 0.520. The van der Waals surface area contributed by atoms with Gasteiger partial charge in [-0.2, -0.15) is 0 Å². The van der Waals surface area contributed by atoms with Gasteiger partial charge in [0.15, 0.2) is 5.78 Å². The Morgan fingerprint density at radius 1 is 1.11 bits per heavy atom. The molecule has 0 aliphatic carbocycles. The van der Waals surface area contributed by atoms with Gasteiger partial charge in [0.05, 0.1) is 31.5 Å². The Hall–Kier alpha value is -0.650. The van der Waals surface area contributed by atoms with Gasteiger partial charge in [0.2, 0.25) is 0 Å². The molecule has 0 heterocycles. The van der Waals surface area contributed by atoms with E-state index in [0.717, 1.165) is 0 Å². The SMILES string of the molecule is COCCOCCOCC(=O)c1cc(Cl)ccc1Cl. The van der Waals surface area contributed by atoms with Crippen molar-refractivity contribution in [1.82, 2.24) is 0 Å². The van der Waals surface area contributed by atoms with Gasteiger partial charge in [-0.3, -0.25) is 4.79 Å². The fourth-order valence-corrected chi connectivity index (χ4v) is 1.71. The predicted octanol–water partition coefficient (Wildman–Crippen LogP) is 2.86. The van der Waals surface area contributed by atoms with E-state index in [4.69, 9.17) is 37.4 Å². The standard InChI is InChI=1S/C13H16Cl2O4/c1-17-4-5-18-6-7-19-9-13(16)11-8-10(14)2-3-12(11)15/h2-3,8H,4-7,9H2,1H3. The highest BCUT2D eigenvalue weighted by atomic mass is 35.5. The van der Waals surface area contributed by atoms with E-state index in [1.807, 2.05) is 0 Å². The molecule has 0 unspecified atom stereocenters. The van der Waals surface area contributed by atoms with Gasteiger partial charge in [-0.05, 0) is 18.2 Å². The lowest BCUT2D eigenvalue weighted by atomic mass is 10.1. The van der Waals surface area contributed by atoms with Crippen LogP contribution < -0.4 is 0 Å². The molecule has 0 radical (unpaired) electrons. The van der Waals surface area contributed by atoms with Gasteiger partial charge in [-0.1, -0.05) is 23.2 Å². The molecule has 0 aromatic heterocycles. The first kappa shape index (κ1) is 16.4. The zero-order valence-corrected chi connectivity index (χ0v) is 12.2. The monoisotopic (exact) mass is 306 g/mol. The fourth-order valence-electron chi connectivity index (χ4n) is 1.32. The van der Waals surface area contributed by atoms with E-state index in [2.05, 4.69) is 0 Å². The van der Waals surface area contributed by atoms with E-state index in [0.29, 0.717) is 42.0 Å². The van der Waals surface area contributed by atoms with Crippen molar-refractivity contribution in [2.75, 3.05) is 40.1 Å². The molecule has 0 aliphatic rings. The molecule has 0 N–H and O–H groups in total. The van der Waals surface area contributed by atoms with Crippen molar-refractivity contribution in [1.29, 1.82) is 0 Å². The summed E-state index contributed by atoms with van der Waals surface area (Å²) in [6.07, 6.45) is 0. The van der Waals surface area contributed by atoms with Crippen molar-refractivity contribution < 1.29 is 19.0 Å². The second kappa shape index (κ2) is 9.28. The minimum absolute atomic E-state index is 0.0479. The molecule has 0 spiro atoms. The van der Waals surface area contributed by atoms with Crippen molar-refractivity contribution in [2.24, 2.45) is 0 Å². The summed E-state index contributed by atoms with van der Waals surface area (Å²) in [6.45, 7) is 1.76. The zero-order chi connectivity index (χ0) is 14.1. The third kappa shape index (κ3) is 6.36. The van der Waals surface area contributed by atoms with Crippen LogP contribution in [0.2, 0.25) is 10.0 Å². The number of ketones is 1. The molecule has 0 fully saturated rings. The van der Waals surface area contributed by atoms with Crippen LogP contribution in [-0.2, 0) is 14.2 Å². The molecule has 6 heteroatoms. The summed E-state index contributed by atoms with van der Waals surface area (Å²) in [5.74, 6) is -0.204.